The molecular weight excluding hydrogens is 256 g/mol. The molecule has 1 nitrogen and oxygen atoms in total. The second-order valence-electron chi connectivity index (χ2n) is 5.28. The first-order valence-corrected chi connectivity index (χ1v) is 6.79. The van der Waals surface area contributed by atoms with Gasteiger partial charge in [0, 0.05) is 12.6 Å². The predicted octanol–water partition coefficient (Wildman–Crippen LogP) is 4.45. The molecule has 3 heteroatoms. The monoisotopic (exact) mass is 275 g/mol. The first kappa shape index (κ1) is 14.7. The molecule has 0 amide bonds. The minimum absolute atomic E-state index is 0.139. The highest BCUT2D eigenvalue weighted by molar-refractivity contribution is 5.21. The minimum Gasteiger partial charge on any atom is -0.306 e. The molecule has 1 atom stereocenters. The quantitative estimate of drug-likeness (QED) is 0.850. The minimum atomic E-state index is -0.229. The van der Waals surface area contributed by atoms with Crippen molar-refractivity contribution in [2.75, 3.05) is 0 Å². The Hall–Kier alpha value is -1.74. The molecule has 0 spiro atoms. The van der Waals surface area contributed by atoms with Crippen LogP contribution >= 0.6 is 0 Å². The van der Waals surface area contributed by atoms with Gasteiger partial charge >= 0.3 is 0 Å². The van der Waals surface area contributed by atoms with Gasteiger partial charge in [-0.15, -0.1) is 0 Å². The van der Waals surface area contributed by atoms with Crippen molar-refractivity contribution in [3.8, 4) is 0 Å². The van der Waals surface area contributed by atoms with E-state index in [9.17, 15) is 8.78 Å². The van der Waals surface area contributed by atoms with Crippen molar-refractivity contribution < 1.29 is 8.78 Å². The van der Waals surface area contributed by atoms with Gasteiger partial charge in [-0.1, -0.05) is 38.1 Å². The van der Waals surface area contributed by atoms with E-state index in [-0.39, 0.29) is 17.7 Å². The lowest BCUT2D eigenvalue weighted by Gasteiger charge is -2.23. The lowest BCUT2D eigenvalue weighted by atomic mass is 9.95. The number of halogens is 2. The Balaban J connectivity index is 2.06. The van der Waals surface area contributed by atoms with E-state index in [1.54, 1.807) is 24.3 Å². The predicted molar refractivity (Wildman–Crippen MR) is 77.2 cm³/mol. The molecule has 0 saturated carbocycles. The summed E-state index contributed by atoms with van der Waals surface area (Å²) < 4.78 is 25.8. The Morgan fingerprint density at radius 2 is 1.35 bits per heavy atom. The van der Waals surface area contributed by atoms with Gasteiger partial charge in [0.1, 0.15) is 11.6 Å². The summed E-state index contributed by atoms with van der Waals surface area (Å²) >= 11 is 0. The Morgan fingerprint density at radius 1 is 0.850 bits per heavy atom. The van der Waals surface area contributed by atoms with Crippen molar-refractivity contribution in [2.45, 2.75) is 26.4 Å². The lowest BCUT2D eigenvalue weighted by molar-refractivity contribution is 0.410. The van der Waals surface area contributed by atoms with Crippen LogP contribution in [0.2, 0.25) is 0 Å². The smallest absolute Gasteiger partial charge is 0.123 e. The molecule has 0 fully saturated rings. The molecule has 0 radical (unpaired) electrons. The van der Waals surface area contributed by atoms with Gasteiger partial charge in [0.2, 0.25) is 0 Å². The van der Waals surface area contributed by atoms with E-state index in [0.717, 1.165) is 11.1 Å². The van der Waals surface area contributed by atoms with Crippen molar-refractivity contribution in [3.05, 3.63) is 71.3 Å². The largest absolute Gasteiger partial charge is 0.306 e. The summed E-state index contributed by atoms with van der Waals surface area (Å²) in [4.78, 5) is 0. The van der Waals surface area contributed by atoms with Crippen LogP contribution in [-0.4, -0.2) is 0 Å². The topological polar surface area (TPSA) is 12.0 Å². The fourth-order valence-electron chi connectivity index (χ4n) is 2.24. The molecule has 106 valence electrons. The van der Waals surface area contributed by atoms with Gasteiger partial charge in [-0.2, -0.15) is 0 Å². The number of hydrogen-bond acceptors (Lipinski definition) is 1. The highest BCUT2D eigenvalue weighted by Crippen LogP contribution is 2.22. The molecule has 0 aliphatic heterocycles. The van der Waals surface area contributed by atoms with Crippen LogP contribution in [0.25, 0.3) is 0 Å². The maximum absolute atomic E-state index is 13.0. The summed E-state index contributed by atoms with van der Waals surface area (Å²) in [6.07, 6.45) is 0. The highest BCUT2D eigenvalue weighted by Gasteiger charge is 2.15. The Kier molecular flexibility index (Phi) is 4.85. The molecule has 0 aliphatic rings. The summed E-state index contributed by atoms with van der Waals surface area (Å²) in [5, 5.41) is 3.45. The van der Waals surface area contributed by atoms with E-state index in [0.29, 0.717) is 12.5 Å². The number of nitrogens with one attached hydrogen (secondary N) is 1. The molecule has 20 heavy (non-hydrogen) atoms. The third kappa shape index (κ3) is 3.87. The molecule has 0 aromatic heterocycles. The summed E-state index contributed by atoms with van der Waals surface area (Å²) in [5.41, 5.74) is 2.09. The highest BCUT2D eigenvalue weighted by atomic mass is 19.1. The second-order valence-corrected chi connectivity index (χ2v) is 5.28. The van der Waals surface area contributed by atoms with E-state index in [4.69, 9.17) is 0 Å². The standard InChI is InChI=1S/C17H19F2N/c1-12(2)17(14-5-9-16(19)10-6-14)20-11-13-3-7-15(18)8-4-13/h3-10,12,17,20H,11H2,1-2H3. The normalized spacial score (nSPS) is 12.7. The van der Waals surface area contributed by atoms with E-state index in [2.05, 4.69) is 19.2 Å². The van der Waals surface area contributed by atoms with Crippen LogP contribution in [0.5, 0.6) is 0 Å². The molecule has 0 aliphatic carbocycles. The van der Waals surface area contributed by atoms with Crippen molar-refractivity contribution in [1.82, 2.24) is 5.32 Å². The van der Waals surface area contributed by atoms with Gasteiger partial charge in [0.25, 0.3) is 0 Å². The summed E-state index contributed by atoms with van der Waals surface area (Å²) in [6.45, 7) is 4.89. The van der Waals surface area contributed by atoms with Crippen LogP contribution in [0, 0.1) is 17.6 Å². The molecule has 2 aromatic rings. The maximum atomic E-state index is 13.0. The zero-order valence-corrected chi connectivity index (χ0v) is 11.7. The van der Waals surface area contributed by atoms with Crippen LogP contribution in [0.3, 0.4) is 0 Å². The third-order valence-corrected chi connectivity index (χ3v) is 3.34. The lowest BCUT2D eigenvalue weighted by Crippen LogP contribution is -2.25. The molecule has 0 saturated heterocycles. The van der Waals surface area contributed by atoms with Crippen LogP contribution in [0.15, 0.2) is 48.5 Å². The molecule has 0 bridgehead atoms. The molecule has 2 rings (SSSR count). The Labute approximate surface area is 118 Å². The number of benzene rings is 2. The van der Waals surface area contributed by atoms with Crippen molar-refractivity contribution in [2.24, 2.45) is 5.92 Å². The van der Waals surface area contributed by atoms with Crippen LogP contribution < -0.4 is 5.32 Å². The Bertz CT molecular complexity index is 532. The Morgan fingerprint density at radius 3 is 1.85 bits per heavy atom. The maximum Gasteiger partial charge on any atom is 0.123 e. The van der Waals surface area contributed by atoms with Gasteiger partial charge in [-0.25, -0.2) is 8.78 Å². The fourth-order valence-corrected chi connectivity index (χ4v) is 2.24. The zero-order valence-electron chi connectivity index (χ0n) is 11.7. The fraction of sp³-hybridized carbons (Fsp3) is 0.294. The zero-order chi connectivity index (χ0) is 14.5. The third-order valence-electron chi connectivity index (χ3n) is 3.34. The van der Waals surface area contributed by atoms with E-state index in [1.807, 2.05) is 0 Å². The van der Waals surface area contributed by atoms with Crippen LogP contribution in [0.4, 0.5) is 8.78 Å². The van der Waals surface area contributed by atoms with E-state index >= 15 is 0 Å². The summed E-state index contributed by atoms with van der Waals surface area (Å²) in [6, 6.07) is 13.2. The molecule has 1 N–H and O–H groups in total. The van der Waals surface area contributed by atoms with Crippen molar-refractivity contribution in [1.29, 1.82) is 0 Å². The van der Waals surface area contributed by atoms with Gasteiger partial charge in [0.15, 0.2) is 0 Å². The van der Waals surface area contributed by atoms with Crippen molar-refractivity contribution in [3.63, 3.8) is 0 Å². The van der Waals surface area contributed by atoms with Crippen molar-refractivity contribution >= 4 is 0 Å². The average Bonchev–Trinajstić information content (AvgIpc) is 2.43. The van der Waals surface area contributed by atoms with Gasteiger partial charge in [-0.3, -0.25) is 0 Å². The summed E-state index contributed by atoms with van der Waals surface area (Å²) in [5.74, 6) is -0.0802. The van der Waals surface area contributed by atoms with Crippen LogP contribution in [-0.2, 0) is 6.54 Å². The molecule has 2 aromatic carbocycles. The van der Waals surface area contributed by atoms with E-state index < -0.39 is 0 Å². The van der Waals surface area contributed by atoms with Crippen LogP contribution in [0.1, 0.15) is 31.0 Å². The molecule has 1 unspecified atom stereocenters. The number of rotatable bonds is 5. The van der Waals surface area contributed by atoms with Gasteiger partial charge in [0.05, 0.1) is 0 Å². The molecular formula is C17H19F2N. The second kappa shape index (κ2) is 6.62. The number of hydrogen-bond donors (Lipinski definition) is 1. The van der Waals surface area contributed by atoms with Gasteiger partial charge < -0.3 is 5.32 Å². The first-order chi connectivity index (χ1) is 9.56. The average molecular weight is 275 g/mol. The first-order valence-electron chi connectivity index (χ1n) is 6.79. The summed E-state index contributed by atoms with van der Waals surface area (Å²) in [7, 11) is 0. The molecule has 0 heterocycles. The SMILES string of the molecule is CC(C)C(NCc1ccc(F)cc1)c1ccc(F)cc1. The van der Waals surface area contributed by atoms with E-state index in [1.165, 1.54) is 24.3 Å². The van der Waals surface area contributed by atoms with Gasteiger partial charge in [-0.05, 0) is 41.3 Å².